The molecule has 1 N–H and O–H groups in total. The van der Waals surface area contributed by atoms with Crippen molar-refractivity contribution in [1.82, 2.24) is 0 Å². The molecule has 22 heavy (non-hydrogen) atoms. The molecule has 0 aromatic heterocycles. The van der Waals surface area contributed by atoms with Crippen LogP contribution in [0, 0.1) is 0 Å². The summed E-state index contributed by atoms with van der Waals surface area (Å²) in [5, 5.41) is 3.25. The highest BCUT2D eigenvalue weighted by atomic mass is 79.9. The Kier molecular flexibility index (Phi) is 4.67. The smallest absolute Gasteiger partial charge is 0.350 e. The molecule has 1 heterocycles. The number of ether oxygens (including phenoxy) is 3. The first-order chi connectivity index (χ1) is 10.2. The Labute approximate surface area is 140 Å². The Morgan fingerprint density at radius 1 is 1.27 bits per heavy atom. The summed E-state index contributed by atoms with van der Waals surface area (Å²) in [6, 6.07) is 3.25. The first kappa shape index (κ1) is 16.6. The van der Waals surface area contributed by atoms with Gasteiger partial charge >= 0.3 is 11.9 Å². The largest absolute Gasteiger partial charge is 0.493 e. The van der Waals surface area contributed by atoms with E-state index in [0.717, 1.165) is 0 Å². The van der Waals surface area contributed by atoms with Crippen LogP contribution in [-0.4, -0.2) is 24.8 Å². The normalized spacial score (nSPS) is 16.7. The van der Waals surface area contributed by atoms with Gasteiger partial charge in [0.25, 0.3) is 5.79 Å². The highest BCUT2D eigenvalue weighted by Gasteiger charge is 2.39. The second-order valence-electron chi connectivity index (χ2n) is 4.85. The molecule has 6 nitrogen and oxygen atoms in total. The van der Waals surface area contributed by atoms with E-state index in [0.29, 0.717) is 20.9 Å². The quantitative estimate of drug-likeness (QED) is 0.485. The zero-order chi connectivity index (χ0) is 16.5. The van der Waals surface area contributed by atoms with E-state index in [2.05, 4.69) is 21.2 Å². The van der Waals surface area contributed by atoms with E-state index >= 15 is 0 Å². The van der Waals surface area contributed by atoms with Crippen molar-refractivity contribution in [2.75, 3.05) is 12.4 Å². The minimum Gasteiger partial charge on any atom is -0.493 e. The molecule has 0 aliphatic carbocycles. The third kappa shape index (κ3) is 3.53. The van der Waals surface area contributed by atoms with Crippen LogP contribution in [0.3, 0.4) is 0 Å². The molecule has 2 rings (SSSR count). The van der Waals surface area contributed by atoms with Crippen molar-refractivity contribution in [2.24, 2.45) is 0 Å². The summed E-state index contributed by atoms with van der Waals surface area (Å²) in [6.07, 6.45) is 1.19. The summed E-state index contributed by atoms with van der Waals surface area (Å²) in [5.74, 6) is -2.34. The van der Waals surface area contributed by atoms with Crippen molar-refractivity contribution in [2.45, 2.75) is 19.6 Å². The molecule has 0 amide bonds. The molecule has 0 spiro atoms. The average Bonchev–Trinajstić information content (AvgIpc) is 2.35. The number of benzene rings is 1. The summed E-state index contributed by atoms with van der Waals surface area (Å²) < 4.78 is 15.8. The second kappa shape index (κ2) is 6.18. The van der Waals surface area contributed by atoms with Crippen molar-refractivity contribution in [3.05, 3.63) is 33.4 Å². The van der Waals surface area contributed by atoms with Crippen molar-refractivity contribution in [3.63, 3.8) is 0 Å². The molecular formula is C14H13BrClNO5. The Hall–Kier alpha value is -1.73. The molecule has 0 saturated carbocycles. The van der Waals surface area contributed by atoms with Gasteiger partial charge in [-0.3, -0.25) is 0 Å². The van der Waals surface area contributed by atoms with Gasteiger partial charge in [0.05, 0.1) is 17.3 Å². The van der Waals surface area contributed by atoms with Crippen molar-refractivity contribution < 1.29 is 23.8 Å². The second-order valence-corrected chi connectivity index (χ2v) is 6.14. The van der Waals surface area contributed by atoms with E-state index in [9.17, 15) is 9.59 Å². The molecule has 1 aliphatic rings. The van der Waals surface area contributed by atoms with Crippen LogP contribution in [0.4, 0.5) is 5.69 Å². The van der Waals surface area contributed by atoms with Crippen molar-refractivity contribution in [1.29, 1.82) is 0 Å². The van der Waals surface area contributed by atoms with Crippen molar-refractivity contribution in [3.8, 4) is 5.75 Å². The zero-order valence-electron chi connectivity index (χ0n) is 12.0. The third-order valence-electron chi connectivity index (χ3n) is 2.70. The van der Waals surface area contributed by atoms with Gasteiger partial charge in [0.15, 0.2) is 11.3 Å². The standard InChI is InChI=1S/C14H13BrClNO5/c1-14(2)21-12(18)8(13(19)22-14)6-17-10-5-7(16)4-9(15)11(10)20-3/h4-6,17H,1-3H3. The molecule has 1 aliphatic heterocycles. The summed E-state index contributed by atoms with van der Waals surface area (Å²) >= 11 is 9.28. The fourth-order valence-corrected chi connectivity index (χ4v) is 2.78. The summed E-state index contributed by atoms with van der Waals surface area (Å²) in [5.41, 5.74) is 0.220. The maximum atomic E-state index is 11.8. The predicted molar refractivity (Wildman–Crippen MR) is 83.7 cm³/mol. The molecule has 0 radical (unpaired) electrons. The predicted octanol–water partition coefficient (Wildman–Crippen LogP) is 3.24. The van der Waals surface area contributed by atoms with E-state index in [-0.39, 0.29) is 5.57 Å². The van der Waals surface area contributed by atoms with E-state index in [1.807, 2.05) is 0 Å². The van der Waals surface area contributed by atoms with Gasteiger partial charge in [-0.05, 0) is 28.1 Å². The third-order valence-corrected chi connectivity index (χ3v) is 3.51. The molecule has 1 saturated heterocycles. The monoisotopic (exact) mass is 389 g/mol. The molecular weight excluding hydrogens is 378 g/mol. The molecule has 118 valence electrons. The Balaban J connectivity index is 2.29. The lowest BCUT2D eigenvalue weighted by atomic mass is 10.2. The first-order valence-corrected chi connectivity index (χ1v) is 7.37. The lowest BCUT2D eigenvalue weighted by molar-refractivity contribution is -0.222. The molecule has 0 unspecified atom stereocenters. The molecule has 0 atom stereocenters. The number of anilines is 1. The van der Waals surface area contributed by atoms with Gasteiger partial charge in [-0.15, -0.1) is 0 Å². The summed E-state index contributed by atoms with van der Waals surface area (Å²) in [7, 11) is 1.48. The number of hydrogen-bond acceptors (Lipinski definition) is 6. The fraction of sp³-hybridized carbons (Fsp3) is 0.286. The molecule has 1 aromatic carbocycles. The number of carbonyl (C=O) groups is 2. The van der Waals surface area contributed by atoms with E-state index in [1.165, 1.54) is 27.2 Å². The minimum absolute atomic E-state index is 0.252. The van der Waals surface area contributed by atoms with Crippen molar-refractivity contribution >= 4 is 45.2 Å². The Bertz CT molecular complexity index is 649. The summed E-state index contributed by atoms with van der Waals surface area (Å²) in [4.78, 5) is 23.7. The van der Waals surface area contributed by atoms with E-state index < -0.39 is 17.7 Å². The number of rotatable bonds is 3. The van der Waals surface area contributed by atoms with Crippen LogP contribution in [0.25, 0.3) is 0 Å². The Morgan fingerprint density at radius 2 is 1.86 bits per heavy atom. The number of esters is 2. The maximum Gasteiger partial charge on any atom is 0.350 e. The van der Waals surface area contributed by atoms with Crippen LogP contribution in [-0.2, 0) is 19.1 Å². The Morgan fingerprint density at radius 3 is 2.41 bits per heavy atom. The van der Waals surface area contributed by atoms with E-state index in [4.69, 9.17) is 25.8 Å². The van der Waals surface area contributed by atoms with Gasteiger partial charge in [-0.25, -0.2) is 9.59 Å². The number of cyclic esters (lactones) is 2. The van der Waals surface area contributed by atoms with Gasteiger partial charge in [0.1, 0.15) is 0 Å². The van der Waals surface area contributed by atoms with Crippen LogP contribution in [0.5, 0.6) is 5.75 Å². The highest BCUT2D eigenvalue weighted by molar-refractivity contribution is 9.10. The SMILES string of the molecule is COc1c(Br)cc(Cl)cc1NC=C1C(=O)OC(C)(C)OC1=O. The molecule has 1 fully saturated rings. The zero-order valence-corrected chi connectivity index (χ0v) is 14.4. The number of carbonyl (C=O) groups excluding carboxylic acids is 2. The highest BCUT2D eigenvalue weighted by Crippen LogP contribution is 2.36. The number of halogens is 2. The van der Waals surface area contributed by atoms with Gasteiger partial charge in [-0.1, -0.05) is 11.6 Å². The van der Waals surface area contributed by atoms with Crippen LogP contribution < -0.4 is 10.1 Å². The van der Waals surface area contributed by atoms with Gasteiger partial charge in [0, 0.05) is 25.1 Å². The van der Waals surface area contributed by atoms with Crippen LogP contribution in [0.15, 0.2) is 28.4 Å². The number of methoxy groups -OCH3 is 1. The van der Waals surface area contributed by atoms with Crippen LogP contribution in [0.1, 0.15) is 13.8 Å². The number of nitrogens with one attached hydrogen (secondary N) is 1. The van der Waals surface area contributed by atoms with Gasteiger partial charge < -0.3 is 19.5 Å². The first-order valence-electron chi connectivity index (χ1n) is 6.20. The summed E-state index contributed by atoms with van der Waals surface area (Å²) in [6.45, 7) is 2.95. The van der Waals surface area contributed by atoms with Crippen LogP contribution >= 0.6 is 27.5 Å². The average molecular weight is 391 g/mol. The van der Waals surface area contributed by atoms with Gasteiger partial charge in [0.2, 0.25) is 0 Å². The topological polar surface area (TPSA) is 73.9 Å². The minimum atomic E-state index is -1.28. The lowest BCUT2D eigenvalue weighted by Crippen LogP contribution is -2.42. The number of hydrogen-bond donors (Lipinski definition) is 1. The molecule has 0 bridgehead atoms. The van der Waals surface area contributed by atoms with Gasteiger partial charge in [-0.2, -0.15) is 0 Å². The van der Waals surface area contributed by atoms with E-state index in [1.54, 1.807) is 12.1 Å². The lowest BCUT2D eigenvalue weighted by Gasteiger charge is -2.29. The fourth-order valence-electron chi connectivity index (χ4n) is 1.80. The van der Waals surface area contributed by atoms with Crippen LogP contribution in [0.2, 0.25) is 5.02 Å². The molecule has 8 heteroatoms. The molecule has 1 aromatic rings. The maximum absolute atomic E-state index is 11.8.